The molecule has 1 amide bonds. The van der Waals surface area contributed by atoms with Crippen molar-refractivity contribution >= 4 is 11.6 Å². The Labute approximate surface area is 177 Å². The maximum absolute atomic E-state index is 13.0. The van der Waals surface area contributed by atoms with Crippen LogP contribution in [0.15, 0.2) is 72.8 Å². The molecule has 150 valence electrons. The van der Waals surface area contributed by atoms with Crippen LogP contribution in [0.2, 0.25) is 0 Å². The quantitative estimate of drug-likeness (QED) is 0.459. The third kappa shape index (κ3) is 4.03. The molecule has 0 saturated heterocycles. The van der Waals surface area contributed by atoms with Crippen LogP contribution in [-0.4, -0.2) is 15.7 Å². The summed E-state index contributed by atoms with van der Waals surface area (Å²) in [6, 6.07) is 24.2. The van der Waals surface area contributed by atoms with E-state index in [-0.39, 0.29) is 5.91 Å². The predicted molar refractivity (Wildman–Crippen MR) is 122 cm³/mol. The number of rotatable bonds is 4. The predicted octanol–water partition coefficient (Wildman–Crippen LogP) is 6.03. The van der Waals surface area contributed by atoms with Gasteiger partial charge in [-0.2, -0.15) is 5.10 Å². The van der Waals surface area contributed by atoms with Gasteiger partial charge in [-0.1, -0.05) is 65.2 Å². The highest BCUT2D eigenvalue weighted by molar-refractivity contribution is 6.04. The van der Waals surface area contributed by atoms with Gasteiger partial charge in [-0.3, -0.25) is 4.79 Å². The summed E-state index contributed by atoms with van der Waals surface area (Å²) in [4.78, 5) is 13.0. The smallest absolute Gasteiger partial charge is 0.276 e. The zero-order chi connectivity index (χ0) is 21.3. The van der Waals surface area contributed by atoms with Crippen LogP contribution in [0, 0.1) is 27.7 Å². The van der Waals surface area contributed by atoms with Crippen LogP contribution in [0.4, 0.5) is 5.69 Å². The van der Waals surface area contributed by atoms with Gasteiger partial charge in [-0.25, -0.2) is 4.68 Å². The minimum absolute atomic E-state index is 0.221. The molecular weight excluding hydrogens is 370 g/mol. The van der Waals surface area contributed by atoms with Crippen molar-refractivity contribution in [3.8, 4) is 16.9 Å². The Hall–Kier alpha value is -3.66. The lowest BCUT2D eigenvalue weighted by Crippen LogP contribution is -2.14. The molecule has 0 atom stereocenters. The van der Waals surface area contributed by atoms with Crippen LogP contribution < -0.4 is 5.32 Å². The Kier molecular flexibility index (Phi) is 5.23. The van der Waals surface area contributed by atoms with Gasteiger partial charge in [0, 0.05) is 11.3 Å². The maximum atomic E-state index is 13.0. The maximum Gasteiger partial charge on any atom is 0.276 e. The summed E-state index contributed by atoms with van der Waals surface area (Å²) in [5.41, 5.74) is 8.54. The molecule has 0 bridgehead atoms. The number of benzene rings is 3. The van der Waals surface area contributed by atoms with E-state index < -0.39 is 0 Å². The van der Waals surface area contributed by atoms with Crippen molar-refractivity contribution in [2.45, 2.75) is 27.7 Å². The molecule has 0 aliphatic heterocycles. The molecule has 0 fully saturated rings. The average molecular weight is 396 g/mol. The molecule has 0 saturated carbocycles. The normalized spacial score (nSPS) is 10.8. The minimum Gasteiger partial charge on any atom is -0.320 e. The summed E-state index contributed by atoms with van der Waals surface area (Å²) in [7, 11) is 0. The fourth-order valence-electron chi connectivity index (χ4n) is 3.44. The van der Waals surface area contributed by atoms with Crippen LogP contribution in [0.5, 0.6) is 0 Å². The highest BCUT2D eigenvalue weighted by Crippen LogP contribution is 2.26. The topological polar surface area (TPSA) is 46.9 Å². The van der Waals surface area contributed by atoms with E-state index in [1.54, 1.807) is 0 Å². The summed E-state index contributed by atoms with van der Waals surface area (Å²) in [6.45, 7) is 8.14. The van der Waals surface area contributed by atoms with E-state index in [0.717, 1.165) is 33.8 Å². The number of carbonyl (C=O) groups is 1. The van der Waals surface area contributed by atoms with Crippen LogP contribution in [0.3, 0.4) is 0 Å². The first-order valence-electron chi connectivity index (χ1n) is 10.0. The second-order valence-corrected chi connectivity index (χ2v) is 7.80. The fraction of sp³-hybridized carbons (Fsp3) is 0.154. The fourth-order valence-corrected chi connectivity index (χ4v) is 3.44. The average Bonchev–Trinajstić information content (AvgIpc) is 3.17. The highest BCUT2D eigenvalue weighted by atomic mass is 16.2. The van der Waals surface area contributed by atoms with Crippen molar-refractivity contribution in [3.63, 3.8) is 0 Å². The van der Waals surface area contributed by atoms with Gasteiger partial charge in [0.15, 0.2) is 5.69 Å². The van der Waals surface area contributed by atoms with Gasteiger partial charge < -0.3 is 5.32 Å². The number of hydrogen-bond donors (Lipinski definition) is 1. The molecule has 4 aromatic rings. The Morgan fingerprint density at radius 3 is 2.00 bits per heavy atom. The molecule has 1 aromatic heterocycles. The van der Waals surface area contributed by atoms with Gasteiger partial charge in [0.25, 0.3) is 5.91 Å². The number of amides is 1. The SMILES string of the molecule is Cc1ccc(-c2cc(C(=O)Nc3ccc(C)cc3C)nn2-c2ccc(C)cc2)cc1. The third-order valence-corrected chi connectivity index (χ3v) is 5.20. The van der Waals surface area contributed by atoms with Crippen molar-refractivity contribution < 1.29 is 4.79 Å². The van der Waals surface area contributed by atoms with Crippen LogP contribution in [0.1, 0.15) is 32.7 Å². The van der Waals surface area contributed by atoms with Gasteiger partial charge in [-0.05, 0) is 57.5 Å². The first-order chi connectivity index (χ1) is 14.4. The Bertz CT molecular complexity index is 1140. The van der Waals surface area contributed by atoms with Crippen LogP contribution in [0.25, 0.3) is 16.9 Å². The summed E-state index contributed by atoms with van der Waals surface area (Å²) in [5, 5.41) is 7.66. The molecule has 3 aromatic carbocycles. The first kappa shape index (κ1) is 19.6. The van der Waals surface area contributed by atoms with Crippen molar-refractivity contribution in [3.05, 3.63) is 101 Å². The number of aryl methyl sites for hydroxylation is 4. The molecular formula is C26H25N3O. The van der Waals surface area contributed by atoms with Crippen molar-refractivity contribution in [1.29, 1.82) is 0 Å². The molecule has 0 aliphatic carbocycles. The van der Waals surface area contributed by atoms with Crippen LogP contribution in [-0.2, 0) is 0 Å². The molecule has 30 heavy (non-hydrogen) atoms. The number of nitrogens with zero attached hydrogens (tertiary/aromatic N) is 2. The number of hydrogen-bond acceptors (Lipinski definition) is 2. The lowest BCUT2D eigenvalue weighted by atomic mass is 10.1. The van der Waals surface area contributed by atoms with Crippen molar-refractivity contribution in [2.24, 2.45) is 0 Å². The van der Waals surface area contributed by atoms with E-state index in [1.165, 1.54) is 11.1 Å². The molecule has 1 N–H and O–H groups in total. The monoisotopic (exact) mass is 395 g/mol. The second-order valence-electron chi connectivity index (χ2n) is 7.80. The van der Waals surface area contributed by atoms with E-state index in [2.05, 4.69) is 54.6 Å². The van der Waals surface area contributed by atoms with Gasteiger partial charge in [0.1, 0.15) is 0 Å². The molecule has 0 aliphatic rings. The van der Waals surface area contributed by atoms with Gasteiger partial charge >= 0.3 is 0 Å². The zero-order valence-corrected chi connectivity index (χ0v) is 17.7. The first-order valence-corrected chi connectivity index (χ1v) is 10.0. The summed E-state index contributed by atoms with van der Waals surface area (Å²) >= 11 is 0. The van der Waals surface area contributed by atoms with E-state index in [4.69, 9.17) is 0 Å². The summed E-state index contributed by atoms with van der Waals surface area (Å²) < 4.78 is 1.83. The second kappa shape index (κ2) is 7.99. The minimum atomic E-state index is -0.221. The van der Waals surface area contributed by atoms with Crippen molar-refractivity contribution in [2.75, 3.05) is 5.32 Å². The molecule has 4 nitrogen and oxygen atoms in total. The number of aromatic nitrogens is 2. The lowest BCUT2D eigenvalue weighted by molar-refractivity contribution is 0.102. The Balaban J connectivity index is 1.75. The Morgan fingerprint density at radius 2 is 1.37 bits per heavy atom. The molecule has 4 rings (SSSR count). The van der Waals surface area contributed by atoms with E-state index in [1.807, 2.05) is 61.0 Å². The highest BCUT2D eigenvalue weighted by Gasteiger charge is 2.17. The Morgan fingerprint density at radius 1 is 0.767 bits per heavy atom. The third-order valence-electron chi connectivity index (χ3n) is 5.20. The lowest BCUT2D eigenvalue weighted by Gasteiger charge is -2.08. The molecule has 1 heterocycles. The van der Waals surface area contributed by atoms with Gasteiger partial charge in [0.2, 0.25) is 0 Å². The molecule has 0 unspecified atom stereocenters. The zero-order valence-electron chi connectivity index (χ0n) is 17.7. The molecule has 0 radical (unpaired) electrons. The van der Waals surface area contributed by atoms with Gasteiger partial charge in [-0.15, -0.1) is 0 Å². The van der Waals surface area contributed by atoms with E-state index in [9.17, 15) is 4.79 Å². The number of anilines is 1. The van der Waals surface area contributed by atoms with E-state index >= 15 is 0 Å². The molecule has 0 spiro atoms. The van der Waals surface area contributed by atoms with Crippen molar-refractivity contribution in [1.82, 2.24) is 9.78 Å². The largest absolute Gasteiger partial charge is 0.320 e. The molecule has 4 heteroatoms. The standard InChI is InChI=1S/C26H25N3O/c1-17-5-10-21(11-6-17)25-16-24(28-29(25)22-12-7-18(2)8-13-22)26(30)27-23-14-9-19(3)15-20(23)4/h5-16H,1-4H3,(H,27,30). The van der Waals surface area contributed by atoms with Crippen LogP contribution >= 0.6 is 0 Å². The summed E-state index contributed by atoms with van der Waals surface area (Å²) in [5.74, 6) is -0.221. The number of carbonyl (C=O) groups excluding carboxylic acids is 1. The van der Waals surface area contributed by atoms with Gasteiger partial charge in [0.05, 0.1) is 11.4 Å². The van der Waals surface area contributed by atoms with E-state index in [0.29, 0.717) is 5.69 Å². The summed E-state index contributed by atoms with van der Waals surface area (Å²) in [6.07, 6.45) is 0. The number of nitrogens with one attached hydrogen (secondary N) is 1.